The molecule has 2 amide bonds. The van der Waals surface area contributed by atoms with Gasteiger partial charge in [-0.05, 0) is 25.8 Å². The van der Waals surface area contributed by atoms with Crippen molar-refractivity contribution < 1.29 is 9.59 Å². The normalized spacial score (nSPS) is 19.0. The molecule has 142 valence electrons. The van der Waals surface area contributed by atoms with Crippen LogP contribution in [0.2, 0.25) is 0 Å². The van der Waals surface area contributed by atoms with E-state index in [2.05, 4.69) is 10.2 Å². The monoisotopic (exact) mass is 368 g/mol. The predicted molar refractivity (Wildman–Crippen MR) is 101 cm³/mol. The van der Waals surface area contributed by atoms with Crippen LogP contribution in [-0.2, 0) is 9.59 Å². The lowest BCUT2D eigenvalue weighted by Gasteiger charge is -2.39. The van der Waals surface area contributed by atoms with E-state index in [0.717, 1.165) is 19.3 Å². The van der Waals surface area contributed by atoms with Crippen molar-refractivity contribution in [3.05, 3.63) is 40.3 Å². The van der Waals surface area contributed by atoms with E-state index in [1.165, 1.54) is 0 Å². The summed E-state index contributed by atoms with van der Waals surface area (Å²) in [4.78, 5) is 41.0. The molecule has 0 radical (unpaired) electrons. The fraction of sp³-hybridized carbons (Fsp3) is 0.500. The van der Waals surface area contributed by atoms with Crippen LogP contribution in [0.3, 0.4) is 0 Å². The van der Waals surface area contributed by atoms with Crippen LogP contribution in [0.15, 0.2) is 29.1 Å². The van der Waals surface area contributed by atoms with E-state index in [1.807, 2.05) is 24.0 Å². The van der Waals surface area contributed by atoms with Crippen LogP contribution in [0.4, 0.5) is 0 Å². The summed E-state index contributed by atoms with van der Waals surface area (Å²) in [6.45, 7) is 4.09. The highest BCUT2D eigenvalue weighted by Gasteiger charge is 2.33. The Morgan fingerprint density at radius 3 is 2.33 bits per heavy atom. The lowest BCUT2D eigenvalue weighted by molar-refractivity contribution is -0.144. The molecule has 2 heterocycles. The van der Waals surface area contributed by atoms with Gasteiger partial charge in [0.05, 0.1) is 17.0 Å². The Hall–Kier alpha value is -2.70. The smallest absolute Gasteiger partial charge is 0.272 e. The van der Waals surface area contributed by atoms with Crippen molar-refractivity contribution in [1.29, 1.82) is 0 Å². The van der Waals surface area contributed by atoms with Crippen molar-refractivity contribution in [2.45, 2.75) is 32.1 Å². The molecule has 2 aromatic rings. The molecule has 0 spiro atoms. The van der Waals surface area contributed by atoms with E-state index in [4.69, 9.17) is 0 Å². The maximum absolute atomic E-state index is 13.0. The zero-order valence-corrected chi connectivity index (χ0v) is 15.5. The molecule has 1 aromatic heterocycles. The minimum atomic E-state index is -0.458. The quantitative estimate of drug-likeness (QED) is 0.889. The number of carbonyl (C=O) groups is 2. The number of hydrogen-bond donors (Lipinski definition) is 1. The molecule has 27 heavy (non-hydrogen) atoms. The summed E-state index contributed by atoms with van der Waals surface area (Å²) < 4.78 is 0. The van der Waals surface area contributed by atoms with Crippen LogP contribution >= 0.6 is 0 Å². The molecule has 1 unspecified atom stereocenters. The summed E-state index contributed by atoms with van der Waals surface area (Å²) in [5.41, 5.74) is 0.334. The second kappa shape index (κ2) is 7.13. The molecule has 7 heteroatoms. The standard InChI is InChI=1S/C20H24N4O3/c1-13(17-15-7-2-3-8-16(15)18(25)22-21-17)19(26)23-9-11-24(12-10-23)20(27)14-5-4-6-14/h2-3,7-8,13-14H,4-6,9-12H2,1H3,(H,22,25). The Morgan fingerprint density at radius 2 is 1.70 bits per heavy atom. The van der Waals surface area contributed by atoms with Gasteiger partial charge in [0.15, 0.2) is 0 Å². The van der Waals surface area contributed by atoms with Crippen LogP contribution in [0, 0.1) is 5.92 Å². The molecular formula is C20H24N4O3. The third-order valence-electron chi connectivity index (χ3n) is 5.86. The third kappa shape index (κ3) is 3.22. The first kappa shape index (κ1) is 17.7. The number of hydrogen-bond acceptors (Lipinski definition) is 4. The van der Waals surface area contributed by atoms with Crippen molar-refractivity contribution in [2.24, 2.45) is 5.92 Å². The topological polar surface area (TPSA) is 86.4 Å². The number of rotatable bonds is 3. The predicted octanol–water partition coefficient (Wildman–Crippen LogP) is 1.50. The lowest BCUT2D eigenvalue weighted by atomic mass is 9.84. The lowest BCUT2D eigenvalue weighted by Crippen LogP contribution is -2.53. The molecule has 1 N–H and O–H groups in total. The maximum Gasteiger partial charge on any atom is 0.272 e. The Bertz CT molecular complexity index is 926. The van der Waals surface area contributed by atoms with Crippen molar-refractivity contribution in [2.75, 3.05) is 26.2 Å². The minimum Gasteiger partial charge on any atom is -0.339 e. The molecule has 2 aliphatic rings. The minimum absolute atomic E-state index is 0.0181. The van der Waals surface area contributed by atoms with Crippen LogP contribution in [0.1, 0.15) is 37.8 Å². The van der Waals surface area contributed by atoms with Crippen LogP contribution < -0.4 is 5.56 Å². The molecular weight excluding hydrogens is 344 g/mol. The number of H-pyrrole nitrogens is 1. The molecule has 1 saturated carbocycles. The van der Waals surface area contributed by atoms with Gasteiger partial charge in [0, 0.05) is 37.5 Å². The van der Waals surface area contributed by atoms with E-state index in [9.17, 15) is 14.4 Å². The van der Waals surface area contributed by atoms with Gasteiger partial charge < -0.3 is 9.80 Å². The fourth-order valence-corrected chi connectivity index (χ4v) is 3.92. The molecule has 0 bridgehead atoms. The van der Waals surface area contributed by atoms with Crippen LogP contribution in [0.5, 0.6) is 0 Å². The van der Waals surface area contributed by atoms with Gasteiger partial charge in [-0.2, -0.15) is 5.10 Å². The van der Waals surface area contributed by atoms with E-state index in [-0.39, 0.29) is 23.3 Å². The highest BCUT2D eigenvalue weighted by molar-refractivity contribution is 5.91. The number of benzene rings is 1. The van der Waals surface area contributed by atoms with Gasteiger partial charge >= 0.3 is 0 Å². The van der Waals surface area contributed by atoms with Crippen molar-refractivity contribution >= 4 is 22.6 Å². The number of nitrogens with zero attached hydrogens (tertiary/aromatic N) is 3. The van der Waals surface area contributed by atoms with Crippen LogP contribution in [-0.4, -0.2) is 58.0 Å². The van der Waals surface area contributed by atoms with Crippen molar-refractivity contribution in [3.63, 3.8) is 0 Å². The maximum atomic E-state index is 13.0. The highest BCUT2D eigenvalue weighted by atomic mass is 16.2. The Kier molecular flexibility index (Phi) is 4.68. The summed E-state index contributed by atoms with van der Waals surface area (Å²) in [5.74, 6) is -0.0337. The van der Waals surface area contributed by atoms with E-state index >= 15 is 0 Å². The highest BCUT2D eigenvalue weighted by Crippen LogP contribution is 2.29. The summed E-state index contributed by atoms with van der Waals surface area (Å²) >= 11 is 0. The Morgan fingerprint density at radius 1 is 1.07 bits per heavy atom. The molecule has 1 atom stereocenters. The van der Waals surface area contributed by atoms with E-state index < -0.39 is 5.92 Å². The van der Waals surface area contributed by atoms with Gasteiger partial charge in [-0.25, -0.2) is 5.10 Å². The van der Waals surface area contributed by atoms with Crippen LogP contribution in [0.25, 0.3) is 10.8 Å². The largest absolute Gasteiger partial charge is 0.339 e. The number of nitrogens with one attached hydrogen (secondary N) is 1. The second-order valence-corrected chi connectivity index (χ2v) is 7.48. The summed E-state index contributed by atoms with van der Waals surface area (Å²) in [6.07, 6.45) is 3.15. The van der Waals surface area contributed by atoms with Gasteiger partial charge in [0.1, 0.15) is 0 Å². The zero-order valence-electron chi connectivity index (χ0n) is 15.5. The second-order valence-electron chi connectivity index (χ2n) is 7.48. The molecule has 1 aromatic carbocycles. The number of carbonyl (C=O) groups excluding carboxylic acids is 2. The average molecular weight is 368 g/mol. The number of amides is 2. The molecule has 1 saturated heterocycles. The molecule has 4 rings (SSSR count). The van der Waals surface area contributed by atoms with Crippen molar-refractivity contribution in [3.8, 4) is 0 Å². The number of aromatic amines is 1. The van der Waals surface area contributed by atoms with E-state index in [0.29, 0.717) is 42.6 Å². The molecule has 7 nitrogen and oxygen atoms in total. The summed E-state index contributed by atoms with van der Waals surface area (Å²) in [7, 11) is 0. The SMILES string of the molecule is CC(C(=O)N1CCN(C(=O)C2CCC2)CC1)c1n[nH]c(=O)c2ccccc12. The average Bonchev–Trinajstić information content (AvgIpc) is 2.66. The van der Waals surface area contributed by atoms with Gasteiger partial charge in [-0.15, -0.1) is 0 Å². The number of aromatic nitrogens is 2. The Balaban J connectivity index is 1.47. The number of fused-ring (bicyclic) bond motifs is 1. The first-order valence-electron chi connectivity index (χ1n) is 9.61. The van der Waals surface area contributed by atoms with Gasteiger partial charge in [-0.1, -0.05) is 24.6 Å². The van der Waals surface area contributed by atoms with Gasteiger partial charge in [-0.3, -0.25) is 14.4 Å². The summed E-state index contributed by atoms with van der Waals surface area (Å²) in [5, 5.41) is 7.91. The molecule has 2 fully saturated rings. The molecule has 1 aliphatic heterocycles. The summed E-state index contributed by atoms with van der Waals surface area (Å²) in [6, 6.07) is 7.20. The fourth-order valence-electron chi connectivity index (χ4n) is 3.92. The number of piperazine rings is 1. The third-order valence-corrected chi connectivity index (χ3v) is 5.86. The molecule has 1 aliphatic carbocycles. The first-order chi connectivity index (χ1) is 13.1. The van der Waals surface area contributed by atoms with Gasteiger partial charge in [0.2, 0.25) is 11.8 Å². The van der Waals surface area contributed by atoms with Gasteiger partial charge in [0.25, 0.3) is 5.56 Å². The van der Waals surface area contributed by atoms with Crippen molar-refractivity contribution in [1.82, 2.24) is 20.0 Å². The van der Waals surface area contributed by atoms with E-state index in [1.54, 1.807) is 17.0 Å². The zero-order chi connectivity index (χ0) is 19.0. The first-order valence-corrected chi connectivity index (χ1v) is 9.61. The Labute approximate surface area is 157 Å².